The summed E-state index contributed by atoms with van der Waals surface area (Å²) in [6.45, 7) is 0. The lowest BCUT2D eigenvalue weighted by Crippen LogP contribution is -2.30. The van der Waals surface area contributed by atoms with Gasteiger partial charge in [-0.25, -0.2) is 5.84 Å². The third-order valence-corrected chi connectivity index (χ3v) is 1.15. The van der Waals surface area contributed by atoms with Crippen LogP contribution in [-0.4, -0.2) is 10.9 Å². The van der Waals surface area contributed by atoms with Crippen molar-refractivity contribution < 1.29 is 4.79 Å². The molecule has 0 fully saturated rings. The summed E-state index contributed by atoms with van der Waals surface area (Å²) in [5, 5.41) is 0. The molecule has 5 N–H and O–H groups in total. The lowest BCUT2D eigenvalue weighted by atomic mass is 10.2. The molecule has 0 atom stereocenters. The Balaban J connectivity index is 2.96. The van der Waals surface area contributed by atoms with Crippen molar-refractivity contribution >= 4 is 11.6 Å². The molecule has 0 aliphatic rings. The van der Waals surface area contributed by atoms with Gasteiger partial charge in [-0.15, -0.1) is 0 Å². The molecule has 11 heavy (non-hydrogen) atoms. The van der Waals surface area contributed by atoms with Gasteiger partial charge in [0.05, 0.1) is 11.3 Å². The highest BCUT2D eigenvalue weighted by molar-refractivity contribution is 5.94. The monoisotopic (exact) mass is 152 g/mol. The molecule has 0 aliphatic heterocycles. The molecule has 0 saturated heterocycles. The minimum Gasteiger partial charge on any atom is -0.397 e. The molecule has 5 nitrogen and oxygen atoms in total. The molecule has 1 rings (SSSR count). The third kappa shape index (κ3) is 1.65. The molecule has 0 saturated carbocycles. The van der Waals surface area contributed by atoms with Crippen molar-refractivity contribution in [1.29, 1.82) is 0 Å². The number of carbonyl (C=O) groups is 1. The maximum absolute atomic E-state index is 10.8. The topological polar surface area (TPSA) is 94.0 Å². The fourth-order valence-corrected chi connectivity index (χ4v) is 0.665. The standard InChI is InChI=1S/C6H8N4O/c7-5-1-4(2-9-3-5)6(11)10-8/h1-3H,7-8H2,(H,10,11). The van der Waals surface area contributed by atoms with Crippen molar-refractivity contribution in [2.45, 2.75) is 0 Å². The number of hydrazine groups is 1. The van der Waals surface area contributed by atoms with E-state index in [2.05, 4.69) is 4.98 Å². The number of pyridine rings is 1. The number of nitrogen functional groups attached to an aromatic ring is 2. The SMILES string of the molecule is NNC(=O)c1cncc(N)c1. The van der Waals surface area contributed by atoms with Crippen LogP contribution < -0.4 is 17.0 Å². The van der Waals surface area contributed by atoms with Gasteiger partial charge in [0.25, 0.3) is 5.91 Å². The van der Waals surface area contributed by atoms with E-state index in [1.54, 1.807) is 0 Å². The van der Waals surface area contributed by atoms with Crippen LogP contribution in [0.5, 0.6) is 0 Å². The van der Waals surface area contributed by atoms with Gasteiger partial charge >= 0.3 is 0 Å². The normalized spacial score (nSPS) is 9.18. The first-order chi connectivity index (χ1) is 5.24. The van der Waals surface area contributed by atoms with E-state index in [4.69, 9.17) is 11.6 Å². The average Bonchev–Trinajstić information content (AvgIpc) is 2.03. The van der Waals surface area contributed by atoms with E-state index in [0.29, 0.717) is 11.3 Å². The Morgan fingerprint density at radius 3 is 2.82 bits per heavy atom. The predicted octanol–water partition coefficient (Wildman–Crippen LogP) is -0.733. The Kier molecular flexibility index (Phi) is 2.03. The maximum Gasteiger partial charge on any atom is 0.266 e. The summed E-state index contributed by atoms with van der Waals surface area (Å²) in [7, 11) is 0. The number of carbonyl (C=O) groups excluding carboxylic acids is 1. The van der Waals surface area contributed by atoms with Crippen LogP contribution in [0.1, 0.15) is 10.4 Å². The molecule has 0 radical (unpaired) electrons. The number of nitrogens with two attached hydrogens (primary N) is 2. The van der Waals surface area contributed by atoms with Crippen LogP contribution in [0.2, 0.25) is 0 Å². The molecule has 5 heteroatoms. The Bertz CT molecular complexity index is 273. The highest BCUT2D eigenvalue weighted by Gasteiger charge is 2.02. The van der Waals surface area contributed by atoms with Crippen LogP contribution in [0, 0.1) is 0 Å². The second-order valence-corrected chi connectivity index (χ2v) is 1.98. The molecule has 1 aromatic rings. The van der Waals surface area contributed by atoms with Gasteiger partial charge in [0.2, 0.25) is 0 Å². The van der Waals surface area contributed by atoms with E-state index in [0.717, 1.165) is 0 Å². The second kappa shape index (κ2) is 2.98. The summed E-state index contributed by atoms with van der Waals surface area (Å²) in [4.78, 5) is 14.5. The van der Waals surface area contributed by atoms with Crippen LogP contribution in [0.15, 0.2) is 18.5 Å². The summed E-state index contributed by atoms with van der Waals surface area (Å²) in [6.07, 6.45) is 2.84. The molecular weight excluding hydrogens is 144 g/mol. The number of nitrogens with one attached hydrogen (secondary N) is 1. The number of amides is 1. The van der Waals surface area contributed by atoms with E-state index in [-0.39, 0.29) is 0 Å². The zero-order valence-corrected chi connectivity index (χ0v) is 5.74. The third-order valence-electron chi connectivity index (χ3n) is 1.15. The van der Waals surface area contributed by atoms with Crippen LogP contribution in [0.3, 0.4) is 0 Å². The first kappa shape index (κ1) is 7.49. The molecule has 58 valence electrons. The quantitative estimate of drug-likeness (QED) is 0.281. The highest BCUT2D eigenvalue weighted by atomic mass is 16.2. The predicted molar refractivity (Wildman–Crippen MR) is 40.3 cm³/mol. The molecule has 1 aromatic heterocycles. The van der Waals surface area contributed by atoms with Gasteiger partial charge in [0.15, 0.2) is 0 Å². The van der Waals surface area contributed by atoms with Gasteiger partial charge in [-0.3, -0.25) is 15.2 Å². The van der Waals surface area contributed by atoms with E-state index in [9.17, 15) is 4.79 Å². The Labute approximate surface area is 63.4 Å². The van der Waals surface area contributed by atoms with Crippen molar-refractivity contribution in [3.63, 3.8) is 0 Å². The fourth-order valence-electron chi connectivity index (χ4n) is 0.665. The first-order valence-electron chi connectivity index (χ1n) is 2.95. The molecule has 0 bridgehead atoms. The van der Waals surface area contributed by atoms with E-state index < -0.39 is 5.91 Å². The number of hydrogen-bond acceptors (Lipinski definition) is 4. The zero-order chi connectivity index (χ0) is 8.27. The largest absolute Gasteiger partial charge is 0.397 e. The lowest BCUT2D eigenvalue weighted by Gasteiger charge is -1.98. The van der Waals surface area contributed by atoms with Crippen LogP contribution >= 0.6 is 0 Å². The van der Waals surface area contributed by atoms with E-state index in [1.807, 2.05) is 5.43 Å². The molecular formula is C6H8N4O. The molecule has 1 amide bonds. The number of rotatable bonds is 1. The van der Waals surface area contributed by atoms with Crippen molar-refractivity contribution in [3.05, 3.63) is 24.0 Å². The van der Waals surface area contributed by atoms with Gasteiger partial charge in [0.1, 0.15) is 0 Å². The lowest BCUT2D eigenvalue weighted by molar-refractivity contribution is 0.0953. The second-order valence-electron chi connectivity index (χ2n) is 1.98. The van der Waals surface area contributed by atoms with Gasteiger partial charge < -0.3 is 5.73 Å². The molecule has 0 unspecified atom stereocenters. The van der Waals surface area contributed by atoms with Crippen LogP contribution in [0.4, 0.5) is 5.69 Å². The van der Waals surface area contributed by atoms with Crippen molar-refractivity contribution in [2.75, 3.05) is 5.73 Å². The smallest absolute Gasteiger partial charge is 0.266 e. The number of hydrogen-bond donors (Lipinski definition) is 3. The number of anilines is 1. The summed E-state index contributed by atoms with van der Waals surface area (Å²) in [6, 6.07) is 1.50. The summed E-state index contributed by atoms with van der Waals surface area (Å²) in [5.41, 5.74) is 8.13. The van der Waals surface area contributed by atoms with Crippen LogP contribution in [-0.2, 0) is 0 Å². The summed E-state index contributed by atoms with van der Waals surface area (Å²) < 4.78 is 0. The van der Waals surface area contributed by atoms with E-state index >= 15 is 0 Å². The van der Waals surface area contributed by atoms with Gasteiger partial charge in [-0.2, -0.15) is 0 Å². The van der Waals surface area contributed by atoms with Crippen LogP contribution in [0.25, 0.3) is 0 Å². The molecule has 0 aromatic carbocycles. The van der Waals surface area contributed by atoms with Gasteiger partial charge in [-0.1, -0.05) is 0 Å². The average molecular weight is 152 g/mol. The van der Waals surface area contributed by atoms with Crippen molar-refractivity contribution in [1.82, 2.24) is 10.4 Å². The minimum atomic E-state index is -0.398. The Morgan fingerprint density at radius 1 is 1.55 bits per heavy atom. The molecule has 0 spiro atoms. The molecule has 0 aliphatic carbocycles. The Hall–Kier alpha value is -1.62. The van der Waals surface area contributed by atoms with E-state index in [1.165, 1.54) is 18.5 Å². The van der Waals surface area contributed by atoms with Crippen molar-refractivity contribution in [3.8, 4) is 0 Å². The highest BCUT2D eigenvalue weighted by Crippen LogP contribution is 2.02. The summed E-state index contributed by atoms with van der Waals surface area (Å²) >= 11 is 0. The van der Waals surface area contributed by atoms with Gasteiger partial charge in [-0.05, 0) is 6.07 Å². The zero-order valence-electron chi connectivity index (χ0n) is 5.74. The maximum atomic E-state index is 10.8. The summed E-state index contributed by atoms with van der Waals surface area (Å²) in [5.74, 6) is 4.49. The minimum absolute atomic E-state index is 0.354. The molecule has 1 heterocycles. The van der Waals surface area contributed by atoms with Crippen molar-refractivity contribution in [2.24, 2.45) is 5.84 Å². The first-order valence-corrected chi connectivity index (χ1v) is 2.95. The fraction of sp³-hybridized carbons (Fsp3) is 0. The Morgan fingerprint density at radius 2 is 2.27 bits per heavy atom. The number of aromatic nitrogens is 1. The van der Waals surface area contributed by atoms with Gasteiger partial charge in [0, 0.05) is 12.4 Å². The number of nitrogens with zero attached hydrogens (tertiary/aromatic N) is 1.